The van der Waals surface area contributed by atoms with E-state index in [2.05, 4.69) is 0 Å². The second-order valence-electron chi connectivity index (χ2n) is 10.2. The molecule has 33 heavy (non-hydrogen) atoms. The summed E-state index contributed by atoms with van der Waals surface area (Å²) in [4.78, 5) is 26.8. The number of aliphatic carboxylic acids is 1. The van der Waals surface area contributed by atoms with Crippen LogP contribution in [0.3, 0.4) is 0 Å². The third-order valence-electron chi connectivity index (χ3n) is 7.81. The lowest BCUT2D eigenvalue weighted by Crippen LogP contribution is -2.43. The molecule has 3 N–H and O–H groups in total. The lowest BCUT2D eigenvalue weighted by Gasteiger charge is -2.30. The fourth-order valence-corrected chi connectivity index (χ4v) is 5.81. The first-order chi connectivity index (χ1) is 15.7. The molecule has 0 bridgehead atoms. The number of halogens is 2. The van der Waals surface area contributed by atoms with Crippen LogP contribution >= 0.6 is 0 Å². The normalized spacial score (nSPS) is 34.8. The van der Waals surface area contributed by atoms with Gasteiger partial charge in [0.15, 0.2) is 5.78 Å². The Balaban J connectivity index is 1.53. The molecular weight excluding hydrogens is 430 g/mol. The zero-order chi connectivity index (χ0) is 23.5. The number of allylic oxidation sites excluding steroid dienone is 1. The molecule has 0 amide bonds. The van der Waals surface area contributed by atoms with Gasteiger partial charge < -0.3 is 20.5 Å². The number of ether oxygens (including phenoxy) is 1. The summed E-state index contributed by atoms with van der Waals surface area (Å²) in [7, 11) is 0. The first kappa shape index (κ1) is 22.5. The topological polar surface area (TPSA) is 96.2 Å². The highest BCUT2D eigenvalue weighted by molar-refractivity contribution is 6.24. The van der Waals surface area contributed by atoms with Crippen molar-refractivity contribution in [2.75, 3.05) is 24.6 Å². The van der Waals surface area contributed by atoms with Gasteiger partial charge in [-0.15, -0.1) is 0 Å². The number of alkyl halides is 1. The molecule has 8 heteroatoms. The molecule has 2 aliphatic carbocycles. The number of ketones is 1. The number of benzene rings is 1. The Morgan fingerprint density at radius 3 is 2.79 bits per heavy atom. The standard InChI is InChI=1S/C25H30F2N2O4/c1-13-21-15(17-9-19(17)26)3-2-4-16(24(31)32)23(30)18(21)10-20(27)22(13)29-8-7-25(28,12-29)6-5-14-11-33-14/h4,10,14-15,17,19H,2-3,5-9,11-12,28H2,1H3,(H,31,32)/b16-4+/t14?,15?,17-,19-,25?/m0/s1. The van der Waals surface area contributed by atoms with Gasteiger partial charge in [-0.25, -0.2) is 13.6 Å². The van der Waals surface area contributed by atoms with E-state index in [0.29, 0.717) is 49.2 Å². The molecule has 3 fully saturated rings. The van der Waals surface area contributed by atoms with Gasteiger partial charge in [0.1, 0.15) is 17.6 Å². The maximum Gasteiger partial charge on any atom is 0.339 e. The minimum atomic E-state index is -1.33. The first-order valence-corrected chi connectivity index (χ1v) is 11.8. The summed E-state index contributed by atoms with van der Waals surface area (Å²) >= 11 is 0. The predicted molar refractivity (Wildman–Crippen MR) is 119 cm³/mol. The molecule has 0 radical (unpaired) electrons. The molecule has 4 aliphatic rings. The summed E-state index contributed by atoms with van der Waals surface area (Å²) in [6.07, 6.45) is 4.44. The largest absolute Gasteiger partial charge is 0.478 e. The number of hydrogen-bond acceptors (Lipinski definition) is 5. The highest BCUT2D eigenvalue weighted by atomic mass is 19.1. The second kappa shape index (κ2) is 8.17. The molecule has 5 rings (SSSR count). The molecule has 2 saturated heterocycles. The third kappa shape index (κ3) is 4.19. The van der Waals surface area contributed by atoms with E-state index in [9.17, 15) is 19.1 Å². The number of fused-ring (bicyclic) bond motifs is 1. The number of carbonyl (C=O) groups is 2. The van der Waals surface area contributed by atoms with E-state index in [1.54, 1.807) is 6.92 Å². The van der Waals surface area contributed by atoms with E-state index in [-0.39, 0.29) is 29.1 Å². The maximum absolute atomic E-state index is 15.5. The summed E-state index contributed by atoms with van der Waals surface area (Å²) in [5.74, 6) is -3.06. The van der Waals surface area contributed by atoms with E-state index < -0.39 is 29.3 Å². The van der Waals surface area contributed by atoms with E-state index in [1.165, 1.54) is 12.1 Å². The monoisotopic (exact) mass is 460 g/mol. The van der Waals surface area contributed by atoms with Crippen molar-refractivity contribution in [3.63, 3.8) is 0 Å². The molecule has 2 heterocycles. The first-order valence-electron chi connectivity index (χ1n) is 11.8. The van der Waals surface area contributed by atoms with Crippen LogP contribution in [0.15, 0.2) is 17.7 Å². The van der Waals surface area contributed by atoms with Gasteiger partial charge in [0.25, 0.3) is 0 Å². The fourth-order valence-electron chi connectivity index (χ4n) is 5.81. The number of carboxylic acid groups (broad SMARTS) is 1. The molecular formula is C25H30F2N2O4. The number of Topliss-reactive ketones (excluding diaryl/α,β-unsaturated/α-hetero) is 1. The Hall–Kier alpha value is -2.32. The molecule has 1 aromatic rings. The average Bonchev–Trinajstić information content (AvgIpc) is 3.66. The van der Waals surface area contributed by atoms with Crippen molar-refractivity contribution in [3.8, 4) is 0 Å². The van der Waals surface area contributed by atoms with Crippen LogP contribution in [-0.2, 0) is 9.53 Å². The summed E-state index contributed by atoms with van der Waals surface area (Å²) in [6.45, 7) is 3.63. The number of rotatable bonds is 6. The van der Waals surface area contributed by atoms with Gasteiger partial charge in [-0.1, -0.05) is 6.08 Å². The zero-order valence-electron chi connectivity index (χ0n) is 18.8. The molecule has 1 saturated carbocycles. The van der Waals surface area contributed by atoms with Crippen molar-refractivity contribution in [1.82, 2.24) is 0 Å². The average molecular weight is 461 g/mol. The van der Waals surface area contributed by atoms with Gasteiger partial charge in [-0.2, -0.15) is 0 Å². The highest BCUT2D eigenvalue weighted by Gasteiger charge is 2.47. The van der Waals surface area contributed by atoms with Gasteiger partial charge in [0.2, 0.25) is 0 Å². The fraction of sp³-hybridized carbons (Fsp3) is 0.600. The number of epoxide rings is 1. The van der Waals surface area contributed by atoms with E-state index in [4.69, 9.17) is 10.5 Å². The predicted octanol–water partition coefficient (Wildman–Crippen LogP) is 3.65. The van der Waals surface area contributed by atoms with Crippen molar-refractivity contribution in [3.05, 3.63) is 40.2 Å². The quantitative estimate of drug-likeness (QED) is 0.497. The van der Waals surface area contributed by atoms with Gasteiger partial charge in [0, 0.05) is 24.2 Å². The van der Waals surface area contributed by atoms with Crippen LogP contribution in [0.25, 0.3) is 0 Å². The van der Waals surface area contributed by atoms with Crippen LogP contribution in [0.4, 0.5) is 14.5 Å². The SMILES string of the molecule is Cc1c2c(cc(F)c1N1CCC(N)(CCC3CO3)C1)C(=O)/C(C(=O)O)=C\CCC2[C@@H]1C[C@@H]1F. The van der Waals surface area contributed by atoms with Crippen LogP contribution < -0.4 is 10.6 Å². The molecule has 5 atom stereocenters. The van der Waals surface area contributed by atoms with Crippen LogP contribution in [0.2, 0.25) is 0 Å². The summed E-state index contributed by atoms with van der Waals surface area (Å²) in [5, 5.41) is 9.52. The van der Waals surface area contributed by atoms with Crippen molar-refractivity contribution < 1.29 is 28.2 Å². The summed E-state index contributed by atoms with van der Waals surface area (Å²) in [6, 6.07) is 1.17. The Morgan fingerprint density at radius 1 is 1.42 bits per heavy atom. The highest BCUT2D eigenvalue weighted by Crippen LogP contribution is 2.51. The minimum absolute atomic E-state index is 0.0512. The number of carboxylic acids is 1. The number of nitrogens with zero attached hydrogens (tertiary/aromatic N) is 1. The number of anilines is 1. The molecule has 1 aromatic carbocycles. The van der Waals surface area contributed by atoms with Crippen LogP contribution in [0, 0.1) is 18.7 Å². The van der Waals surface area contributed by atoms with E-state index >= 15 is 4.39 Å². The van der Waals surface area contributed by atoms with Crippen molar-refractivity contribution in [1.29, 1.82) is 0 Å². The second-order valence-corrected chi connectivity index (χ2v) is 10.2. The number of carbonyl (C=O) groups excluding carboxylic acids is 1. The van der Waals surface area contributed by atoms with Gasteiger partial charge in [-0.3, -0.25) is 4.79 Å². The third-order valence-corrected chi connectivity index (χ3v) is 7.81. The molecule has 0 spiro atoms. The molecule has 3 unspecified atom stereocenters. The number of nitrogens with two attached hydrogens (primary N) is 1. The van der Waals surface area contributed by atoms with Gasteiger partial charge in [-0.05, 0) is 74.5 Å². The zero-order valence-corrected chi connectivity index (χ0v) is 18.8. The maximum atomic E-state index is 15.5. The van der Waals surface area contributed by atoms with Crippen molar-refractivity contribution in [2.45, 2.75) is 69.2 Å². The Bertz CT molecular complexity index is 1040. The Labute approximate surface area is 191 Å². The van der Waals surface area contributed by atoms with Crippen molar-refractivity contribution in [2.24, 2.45) is 11.7 Å². The summed E-state index contributed by atoms with van der Waals surface area (Å²) in [5.41, 5.74) is 7.50. The Morgan fingerprint density at radius 2 is 2.15 bits per heavy atom. The van der Waals surface area contributed by atoms with Crippen LogP contribution in [0.5, 0.6) is 0 Å². The summed E-state index contributed by atoms with van der Waals surface area (Å²) < 4.78 is 35.0. The molecule has 2 aliphatic heterocycles. The van der Waals surface area contributed by atoms with Gasteiger partial charge in [0.05, 0.1) is 18.4 Å². The van der Waals surface area contributed by atoms with Gasteiger partial charge >= 0.3 is 5.97 Å². The van der Waals surface area contributed by atoms with Crippen molar-refractivity contribution >= 4 is 17.4 Å². The Kier molecular flexibility index (Phi) is 5.56. The smallest absolute Gasteiger partial charge is 0.339 e. The molecule has 6 nitrogen and oxygen atoms in total. The molecule has 178 valence electrons. The lowest BCUT2D eigenvalue weighted by molar-refractivity contribution is -0.132. The molecule has 0 aromatic heterocycles. The minimum Gasteiger partial charge on any atom is -0.478 e. The van der Waals surface area contributed by atoms with E-state index in [0.717, 1.165) is 25.9 Å². The number of hydrogen-bond donors (Lipinski definition) is 2. The lowest BCUT2D eigenvalue weighted by atomic mass is 9.79. The van der Waals surface area contributed by atoms with Crippen LogP contribution in [0.1, 0.15) is 65.9 Å². The van der Waals surface area contributed by atoms with Crippen LogP contribution in [-0.4, -0.2) is 54.4 Å². The van der Waals surface area contributed by atoms with E-state index in [1.807, 2.05) is 4.90 Å².